The molecule has 0 N–H and O–H groups in total. The van der Waals surface area contributed by atoms with Crippen LogP contribution in [0.1, 0.15) is 71.6 Å². The summed E-state index contributed by atoms with van der Waals surface area (Å²) in [4.78, 5) is 0. The molecule has 0 unspecified atom stereocenters. The van der Waals surface area contributed by atoms with Gasteiger partial charge in [0.1, 0.15) is 0 Å². The minimum absolute atomic E-state index is 0.0640. The SMILES string of the molecule is CCC[O][Ti]([CH2]C(C)(C)c1ccccc1)([CH2]C(C)(C)c1ccccc1)[CH2]C(C)(C)c1ccccc1. The molecule has 1 nitrogen and oxygen atoms in total. The van der Waals surface area contributed by atoms with Crippen LogP contribution in [0, 0.1) is 0 Å². The molecule has 0 saturated carbocycles. The van der Waals surface area contributed by atoms with Crippen molar-refractivity contribution < 1.29 is 20.3 Å². The second kappa shape index (κ2) is 11.6. The van der Waals surface area contributed by atoms with E-state index in [9.17, 15) is 0 Å². The van der Waals surface area contributed by atoms with Gasteiger partial charge in [-0.1, -0.05) is 0 Å². The average Bonchev–Trinajstić information content (AvgIpc) is 2.83. The first-order valence-corrected chi connectivity index (χ1v) is 17.3. The first kappa shape index (κ1) is 27.9. The molecule has 0 atom stereocenters. The fourth-order valence-corrected chi connectivity index (χ4v) is 16.6. The van der Waals surface area contributed by atoms with Gasteiger partial charge in [-0.05, 0) is 0 Å². The number of hydrogen-bond donors (Lipinski definition) is 0. The molecule has 0 aliphatic heterocycles. The molecule has 0 heterocycles. The van der Waals surface area contributed by atoms with Crippen LogP contribution in [0.5, 0.6) is 0 Å². The first-order valence-electron chi connectivity index (χ1n) is 13.3. The Bertz CT molecular complexity index is 893. The summed E-state index contributed by atoms with van der Waals surface area (Å²) in [5, 5.41) is 0. The summed E-state index contributed by atoms with van der Waals surface area (Å²) in [6.07, 6.45) is 1.07. The molecule has 3 aromatic rings. The van der Waals surface area contributed by atoms with Gasteiger partial charge in [-0.25, -0.2) is 0 Å². The van der Waals surface area contributed by atoms with Crippen molar-refractivity contribution in [1.82, 2.24) is 0 Å². The second-order valence-electron chi connectivity index (χ2n) is 12.3. The summed E-state index contributed by atoms with van der Waals surface area (Å²) in [5.41, 5.74) is 4.46. The van der Waals surface area contributed by atoms with E-state index in [1.54, 1.807) is 0 Å². The van der Waals surface area contributed by atoms with E-state index in [4.69, 9.17) is 3.32 Å². The van der Waals surface area contributed by atoms with E-state index < -0.39 is 17.0 Å². The van der Waals surface area contributed by atoms with Crippen LogP contribution < -0.4 is 0 Å². The van der Waals surface area contributed by atoms with Crippen LogP contribution >= 0.6 is 0 Å². The van der Waals surface area contributed by atoms with E-state index in [2.05, 4.69) is 139 Å². The Morgan fingerprint density at radius 1 is 0.514 bits per heavy atom. The molecule has 2 heteroatoms. The molecule has 3 rings (SSSR count). The zero-order valence-corrected chi connectivity index (χ0v) is 24.7. The fourth-order valence-electron chi connectivity index (χ4n) is 6.05. The third-order valence-electron chi connectivity index (χ3n) is 7.57. The summed E-state index contributed by atoms with van der Waals surface area (Å²) in [6.45, 7) is 17.7. The van der Waals surface area contributed by atoms with E-state index in [1.165, 1.54) is 16.7 Å². The molecule has 188 valence electrons. The van der Waals surface area contributed by atoms with E-state index in [0.29, 0.717) is 0 Å². The van der Waals surface area contributed by atoms with Crippen molar-refractivity contribution >= 4 is 0 Å². The monoisotopic (exact) mass is 506 g/mol. The molecule has 0 aliphatic carbocycles. The van der Waals surface area contributed by atoms with Crippen molar-refractivity contribution in [3.8, 4) is 0 Å². The quantitative estimate of drug-likeness (QED) is 0.222. The molecule has 3 aromatic carbocycles. The molecule has 0 amide bonds. The van der Waals surface area contributed by atoms with E-state index >= 15 is 0 Å². The van der Waals surface area contributed by atoms with Crippen LogP contribution in [0.3, 0.4) is 0 Å². The van der Waals surface area contributed by atoms with Crippen molar-refractivity contribution in [1.29, 1.82) is 0 Å². The van der Waals surface area contributed by atoms with Crippen LogP contribution in [0.4, 0.5) is 0 Å². The molecule has 35 heavy (non-hydrogen) atoms. The van der Waals surface area contributed by atoms with Gasteiger partial charge in [0.2, 0.25) is 0 Å². The number of hydrogen-bond acceptors (Lipinski definition) is 1. The van der Waals surface area contributed by atoms with Gasteiger partial charge in [0.15, 0.2) is 0 Å². The van der Waals surface area contributed by atoms with Crippen LogP contribution in [0.15, 0.2) is 91.0 Å². The van der Waals surface area contributed by atoms with Crippen LogP contribution in [-0.2, 0) is 36.5 Å². The Balaban J connectivity index is 2.09. The van der Waals surface area contributed by atoms with Crippen molar-refractivity contribution in [3.05, 3.63) is 108 Å². The summed E-state index contributed by atoms with van der Waals surface area (Å²) in [7, 11) is 0. The van der Waals surface area contributed by atoms with Crippen LogP contribution in [-0.4, -0.2) is 6.61 Å². The zero-order chi connectivity index (χ0) is 25.6. The van der Waals surface area contributed by atoms with Crippen molar-refractivity contribution in [2.24, 2.45) is 0 Å². The predicted molar refractivity (Wildman–Crippen MR) is 149 cm³/mol. The maximum atomic E-state index is 7.24. The van der Waals surface area contributed by atoms with Gasteiger partial charge in [0.25, 0.3) is 0 Å². The van der Waals surface area contributed by atoms with Gasteiger partial charge in [0.05, 0.1) is 0 Å². The Hall–Kier alpha value is -1.67. The summed E-state index contributed by atoms with van der Waals surface area (Å²) in [6, 6.07) is 33.3. The van der Waals surface area contributed by atoms with Gasteiger partial charge in [-0.15, -0.1) is 0 Å². The average molecular weight is 507 g/mol. The summed E-state index contributed by atoms with van der Waals surface area (Å²) >= 11 is -2.97. The maximum absolute atomic E-state index is 7.24. The molecular formula is C33H46OTi. The van der Waals surface area contributed by atoms with Gasteiger partial charge < -0.3 is 0 Å². The minimum atomic E-state index is -2.97. The Morgan fingerprint density at radius 3 is 1.06 bits per heavy atom. The van der Waals surface area contributed by atoms with E-state index in [1.807, 2.05) is 0 Å². The molecule has 0 bridgehead atoms. The summed E-state index contributed by atoms with van der Waals surface area (Å²) < 4.78 is 10.7. The van der Waals surface area contributed by atoms with Gasteiger partial charge in [-0.3, -0.25) is 0 Å². The van der Waals surface area contributed by atoms with E-state index in [-0.39, 0.29) is 16.2 Å². The summed E-state index contributed by atoms with van der Waals surface area (Å²) in [5.74, 6) is 0. The van der Waals surface area contributed by atoms with Crippen molar-refractivity contribution in [2.45, 2.75) is 85.3 Å². The predicted octanol–water partition coefficient (Wildman–Crippen LogP) is 9.67. The third kappa shape index (κ3) is 7.42. The van der Waals surface area contributed by atoms with Crippen LogP contribution in [0.2, 0.25) is 14.2 Å². The number of benzene rings is 3. The van der Waals surface area contributed by atoms with Crippen molar-refractivity contribution in [2.75, 3.05) is 6.61 Å². The second-order valence-corrected chi connectivity index (χ2v) is 18.1. The number of rotatable bonds is 12. The molecule has 0 aromatic heterocycles. The molecular weight excluding hydrogens is 460 g/mol. The van der Waals surface area contributed by atoms with Crippen molar-refractivity contribution in [3.63, 3.8) is 0 Å². The van der Waals surface area contributed by atoms with Gasteiger partial charge in [-0.2, -0.15) is 0 Å². The molecule has 0 fully saturated rings. The van der Waals surface area contributed by atoms with E-state index in [0.717, 1.165) is 27.2 Å². The fraction of sp³-hybridized carbons (Fsp3) is 0.455. The molecule has 0 spiro atoms. The molecule has 0 radical (unpaired) electrons. The standard InChI is InChI=1S/3C10H13.C3H7O.Ti/c3*1-10(2,3)9-7-5-4-6-8-9;1-2-3-4;/h3*4-8H,1H2,2-3H3;2-3H2,1H3;/q;;;-1;+1. The normalized spacial score (nSPS) is 13.1. The third-order valence-corrected chi connectivity index (χ3v) is 16.0. The van der Waals surface area contributed by atoms with Gasteiger partial charge in [0, 0.05) is 0 Å². The topological polar surface area (TPSA) is 9.23 Å². The van der Waals surface area contributed by atoms with Crippen LogP contribution in [0.25, 0.3) is 0 Å². The molecule has 0 aliphatic rings. The zero-order valence-electron chi connectivity index (χ0n) is 23.1. The molecule has 0 saturated heterocycles. The Labute approximate surface area is 219 Å². The first-order chi connectivity index (χ1) is 16.5. The Kier molecular flexibility index (Phi) is 9.24. The van der Waals surface area contributed by atoms with Gasteiger partial charge >= 0.3 is 220 Å². The Morgan fingerprint density at radius 2 is 0.800 bits per heavy atom.